The van der Waals surface area contributed by atoms with Gasteiger partial charge in [0.15, 0.2) is 0 Å². The van der Waals surface area contributed by atoms with Crippen molar-refractivity contribution in [2.24, 2.45) is 0 Å². The van der Waals surface area contributed by atoms with Gasteiger partial charge in [0.25, 0.3) is 0 Å². The molecular weight excluding hydrogens is 864 g/mol. The maximum Gasteiger partial charge on any atom is 2.00 e. The van der Waals surface area contributed by atoms with Gasteiger partial charge in [-0.15, -0.1) is 23.3 Å². The average molecular weight is 902 g/mol. The number of pyridine rings is 2. The van der Waals surface area contributed by atoms with Crippen LogP contribution in [0, 0.1) is 12.1 Å². The molecule has 0 saturated heterocycles. The van der Waals surface area contributed by atoms with Crippen LogP contribution in [0.1, 0.15) is 71.1 Å². The van der Waals surface area contributed by atoms with Gasteiger partial charge in [-0.05, 0) is 73.7 Å². The number of nitrogens with zero attached hydrogens (tertiary/aromatic N) is 2. The smallest absolute Gasteiger partial charge is 0.466 e. The first kappa shape index (κ1) is 35.8. The molecule has 0 amide bonds. The second kappa shape index (κ2) is 13.7. The summed E-state index contributed by atoms with van der Waals surface area (Å²) >= 11 is 0. The largest absolute Gasteiger partial charge is 2.00 e. The number of benzene rings is 6. The zero-order valence-corrected chi connectivity index (χ0v) is 33.6. The first-order valence-corrected chi connectivity index (χ1v) is 18.9. The molecule has 0 atom stereocenters. The summed E-state index contributed by atoms with van der Waals surface area (Å²) in [6.45, 7) is 6.73. The van der Waals surface area contributed by atoms with E-state index in [0.717, 1.165) is 28.1 Å². The third-order valence-corrected chi connectivity index (χ3v) is 11.5. The van der Waals surface area contributed by atoms with Crippen LogP contribution in [0.2, 0.25) is 0 Å². The zero-order chi connectivity index (χ0) is 37.2. The summed E-state index contributed by atoms with van der Waals surface area (Å²) in [6, 6.07) is 67.2. The molecule has 2 heterocycles. The number of aromatic nitrogens is 2. The van der Waals surface area contributed by atoms with Crippen LogP contribution >= 0.6 is 0 Å². The fourth-order valence-electron chi connectivity index (χ4n) is 9.11. The number of hydrogen-bond donors (Lipinski definition) is 0. The summed E-state index contributed by atoms with van der Waals surface area (Å²) in [5.74, 6) is 1.11. The van der Waals surface area contributed by atoms with Crippen molar-refractivity contribution in [3.8, 4) is 33.9 Å². The number of fused-ring (bicyclic) bond motifs is 6. The first-order valence-electron chi connectivity index (χ1n) is 18.9. The molecule has 6 aromatic carbocycles. The number of rotatable bonds is 6. The average Bonchev–Trinajstić information content (AvgIpc) is 3.70. The number of hydrogen-bond acceptors (Lipinski definition) is 3. The van der Waals surface area contributed by atoms with Gasteiger partial charge < -0.3 is 4.74 Å². The summed E-state index contributed by atoms with van der Waals surface area (Å²) in [7, 11) is 0. The Hall–Kier alpha value is -5.89. The summed E-state index contributed by atoms with van der Waals surface area (Å²) < 4.78 is 6.93. The molecule has 0 N–H and O–H groups in total. The van der Waals surface area contributed by atoms with E-state index in [-0.39, 0.29) is 26.5 Å². The zero-order valence-electron chi connectivity index (χ0n) is 31.4. The third-order valence-electron chi connectivity index (χ3n) is 11.5. The van der Waals surface area contributed by atoms with Crippen molar-refractivity contribution in [1.82, 2.24) is 9.97 Å². The van der Waals surface area contributed by atoms with Gasteiger partial charge in [0.05, 0.1) is 22.2 Å². The standard InChI is InChI=1S/C52H38N2O.Pt/c1-50(2,3)37-33-48(51(35-18-5-4-6-19-35)43-26-11-7-22-39(43)40-23-8-12-27-44(40)51)54-49(34-37)55-38-21-17-20-36(32-38)52(47-30-15-16-31-53-47)45-28-13-9-24-41(45)42-25-10-14-29-46(42)52;/h4-18,20-31,33-34H,1-3H3;/q-2;+2. The van der Waals surface area contributed by atoms with E-state index in [0.29, 0.717) is 11.6 Å². The first-order chi connectivity index (χ1) is 26.9. The molecule has 2 aliphatic rings. The number of ether oxygens (including phenoxy) is 1. The fourth-order valence-corrected chi connectivity index (χ4v) is 9.11. The van der Waals surface area contributed by atoms with Crippen LogP contribution < -0.4 is 4.74 Å². The molecule has 0 fully saturated rings. The van der Waals surface area contributed by atoms with Gasteiger partial charge >= 0.3 is 21.1 Å². The summed E-state index contributed by atoms with van der Waals surface area (Å²) in [5, 5.41) is 0. The van der Waals surface area contributed by atoms with Crippen molar-refractivity contribution in [3.05, 3.63) is 239 Å². The Kier molecular flexibility index (Phi) is 8.75. The predicted octanol–water partition coefficient (Wildman–Crippen LogP) is 11.9. The quantitative estimate of drug-likeness (QED) is 0.156. The topological polar surface area (TPSA) is 35.0 Å². The second-order valence-electron chi connectivity index (χ2n) is 15.5. The summed E-state index contributed by atoms with van der Waals surface area (Å²) in [4.78, 5) is 10.5. The Bertz CT molecular complexity index is 2640. The molecule has 2 aromatic heterocycles. The van der Waals surface area contributed by atoms with Crippen molar-refractivity contribution in [2.75, 3.05) is 0 Å². The van der Waals surface area contributed by atoms with Crippen LogP contribution in [-0.4, -0.2) is 9.97 Å². The molecular formula is C52H38N2OPt. The van der Waals surface area contributed by atoms with E-state index in [1.807, 2.05) is 30.5 Å². The minimum Gasteiger partial charge on any atom is -0.466 e. The fraction of sp³-hybridized carbons (Fsp3) is 0.115. The second-order valence-corrected chi connectivity index (χ2v) is 15.5. The minimum absolute atomic E-state index is 0. The van der Waals surface area contributed by atoms with Crippen LogP contribution in [0.4, 0.5) is 0 Å². The van der Waals surface area contributed by atoms with E-state index >= 15 is 0 Å². The van der Waals surface area contributed by atoms with Crippen LogP contribution in [0.15, 0.2) is 176 Å². The van der Waals surface area contributed by atoms with Crippen molar-refractivity contribution < 1.29 is 25.8 Å². The molecule has 10 rings (SSSR count). The van der Waals surface area contributed by atoms with E-state index in [1.54, 1.807) is 0 Å². The van der Waals surface area contributed by atoms with Crippen molar-refractivity contribution in [1.29, 1.82) is 0 Å². The molecule has 56 heavy (non-hydrogen) atoms. The monoisotopic (exact) mass is 901 g/mol. The Labute approximate surface area is 343 Å². The third kappa shape index (κ3) is 5.29. The van der Waals surface area contributed by atoms with E-state index < -0.39 is 10.8 Å². The van der Waals surface area contributed by atoms with Crippen molar-refractivity contribution >= 4 is 0 Å². The molecule has 3 nitrogen and oxygen atoms in total. The molecule has 8 aromatic rings. The molecule has 0 saturated carbocycles. The Morgan fingerprint density at radius 3 is 1.55 bits per heavy atom. The summed E-state index contributed by atoms with van der Waals surface area (Å²) in [5.41, 5.74) is 12.9. The van der Waals surface area contributed by atoms with Gasteiger partial charge in [0.1, 0.15) is 0 Å². The van der Waals surface area contributed by atoms with Crippen molar-refractivity contribution in [2.45, 2.75) is 37.0 Å². The molecule has 0 spiro atoms. The van der Waals surface area contributed by atoms with Crippen LogP contribution in [0.5, 0.6) is 11.6 Å². The molecule has 0 bridgehead atoms. The van der Waals surface area contributed by atoms with Crippen LogP contribution in [0.25, 0.3) is 22.3 Å². The molecule has 272 valence electrons. The Morgan fingerprint density at radius 2 is 1.04 bits per heavy atom. The summed E-state index contributed by atoms with van der Waals surface area (Å²) in [6.07, 6.45) is 1.88. The van der Waals surface area contributed by atoms with Gasteiger partial charge in [0.2, 0.25) is 5.88 Å². The normalized spacial score (nSPS) is 14.1. The molecule has 4 heteroatoms. The van der Waals surface area contributed by atoms with E-state index in [9.17, 15) is 0 Å². The molecule has 2 aliphatic carbocycles. The minimum atomic E-state index is -0.709. The van der Waals surface area contributed by atoms with E-state index in [1.165, 1.54) is 44.5 Å². The molecule has 0 aliphatic heterocycles. The maximum absolute atomic E-state index is 6.93. The predicted molar refractivity (Wildman–Crippen MR) is 220 cm³/mol. The van der Waals surface area contributed by atoms with Gasteiger partial charge in [-0.1, -0.05) is 124 Å². The Morgan fingerprint density at radius 1 is 0.518 bits per heavy atom. The van der Waals surface area contributed by atoms with Gasteiger partial charge in [-0.25, -0.2) is 4.98 Å². The SMILES string of the molecule is CC(C)(C)c1cc(Oc2[c-]c(C3(c4ccccn4)c4ccccc4-c4ccccc43)ccc2)nc(C2(c3[c-]cccc3)c3ccccc3-c3ccccc32)c1.[Pt+2]. The van der Waals surface area contributed by atoms with Gasteiger partial charge in [-0.2, -0.15) is 42.5 Å². The molecule has 0 unspecified atom stereocenters. The van der Waals surface area contributed by atoms with E-state index in [2.05, 4.69) is 178 Å². The van der Waals surface area contributed by atoms with E-state index in [4.69, 9.17) is 14.7 Å². The van der Waals surface area contributed by atoms with Gasteiger partial charge in [-0.3, -0.25) is 4.98 Å². The van der Waals surface area contributed by atoms with Crippen molar-refractivity contribution in [3.63, 3.8) is 0 Å². The molecule has 0 radical (unpaired) electrons. The maximum atomic E-state index is 6.93. The van der Waals surface area contributed by atoms with Crippen LogP contribution in [-0.2, 0) is 37.3 Å². The van der Waals surface area contributed by atoms with Crippen LogP contribution in [0.3, 0.4) is 0 Å². The van der Waals surface area contributed by atoms with Gasteiger partial charge in [0, 0.05) is 18.0 Å². The Balaban J connectivity index is 0.00000410.